The van der Waals surface area contributed by atoms with Crippen molar-refractivity contribution in [3.05, 3.63) is 23.1 Å². The van der Waals surface area contributed by atoms with E-state index in [1.54, 1.807) is 16.8 Å². The Bertz CT molecular complexity index is 974. The van der Waals surface area contributed by atoms with E-state index in [2.05, 4.69) is 20.8 Å². The van der Waals surface area contributed by atoms with Gasteiger partial charge in [0.05, 0.1) is 37.5 Å². The number of hydrogen-bond acceptors (Lipinski definition) is 10. The molecule has 0 aromatic carbocycles. The van der Waals surface area contributed by atoms with Crippen molar-refractivity contribution in [2.24, 2.45) is 22.7 Å². The Morgan fingerprint density at radius 2 is 1.95 bits per heavy atom. The Morgan fingerprint density at radius 1 is 1.24 bits per heavy atom. The van der Waals surface area contributed by atoms with Crippen LogP contribution in [0.3, 0.4) is 0 Å². The lowest BCUT2D eigenvalue weighted by Gasteiger charge is -2.40. The number of nitrogens with one attached hydrogen (secondary N) is 2. The van der Waals surface area contributed by atoms with Crippen LogP contribution < -0.4 is 21.3 Å². The Hall–Kier alpha value is -2.81. The van der Waals surface area contributed by atoms with E-state index in [0.29, 0.717) is 52.2 Å². The molecule has 0 spiro atoms. The van der Waals surface area contributed by atoms with Crippen molar-refractivity contribution >= 4 is 23.2 Å². The fraction of sp³-hybridized carbons (Fsp3) is 0.696. The first-order chi connectivity index (χ1) is 17.8. The monoisotopic (exact) mass is 524 g/mol. The molecule has 37 heavy (non-hydrogen) atoms. The van der Waals surface area contributed by atoms with Crippen molar-refractivity contribution < 1.29 is 23.1 Å². The maximum Gasteiger partial charge on any atom is 0.234 e. The van der Waals surface area contributed by atoms with Crippen LogP contribution in [0.5, 0.6) is 0 Å². The van der Waals surface area contributed by atoms with Crippen molar-refractivity contribution in [2.45, 2.75) is 31.3 Å². The van der Waals surface area contributed by atoms with Crippen molar-refractivity contribution in [3.63, 3.8) is 0 Å². The number of aromatic nitrogens is 1. The molecule has 1 aromatic heterocycles. The molecular weight excluding hydrogens is 490 g/mol. The van der Waals surface area contributed by atoms with Crippen LogP contribution in [-0.2, 0) is 14.3 Å². The van der Waals surface area contributed by atoms with Crippen LogP contribution in [0.1, 0.15) is 12.8 Å². The van der Waals surface area contributed by atoms with Gasteiger partial charge in [0.25, 0.3) is 0 Å². The molecule has 0 aliphatic carbocycles. The molecule has 4 unspecified atom stereocenters. The number of anilines is 2. The second kappa shape index (κ2) is 12.2. The molecule has 3 fully saturated rings. The predicted octanol–water partition coefficient (Wildman–Crippen LogP) is 0.101. The first-order valence-corrected chi connectivity index (χ1v) is 12.5. The van der Waals surface area contributed by atoms with E-state index in [1.807, 2.05) is 4.90 Å². The molecule has 12 nitrogen and oxygen atoms in total. The number of alkyl halides is 1. The van der Waals surface area contributed by atoms with Gasteiger partial charge < -0.3 is 25.6 Å². The number of nitroso groups, excluding NO2 is 1. The highest BCUT2D eigenvalue weighted by atomic mass is 19.1. The fourth-order valence-corrected chi connectivity index (χ4v) is 5.30. The summed E-state index contributed by atoms with van der Waals surface area (Å²) < 4.78 is 34.1. The zero-order chi connectivity index (χ0) is 26.5. The zero-order valence-corrected chi connectivity index (χ0v) is 20.8. The zero-order valence-electron chi connectivity index (χ0n) is 20.8. The molecule has 0 bridgehead atoms. The summed E-state index contributed by atoms with van der Waals surface area (Å²) in [5.41, 5.74) is 6.14. The van der Waals surface area contributed by atoms with Gasteiger partial charge in [-0.05, 0) is 19.9 Å². The predicted molar refractivity (Wildman–Crippen MR) is 132 cm³/mol. The molecule has 4 N–H and O–H groups in total. The largest absolute Gasteiger partial charge is 0.378 e. The summed E-state index contributed by atoms with van der Waals surface area (Å²) in [5, 5.41) is 8.40. The highest BCUT2D eigenvalue weighted by molar-refractivity contribution is 5.96. The third-order valence-corrected chi connectivity index (χ3v) is 7.26. The van der Waals surface area contributed by atoms with Gasteiger partial charge in [-0.3, -0.25) is 24.8 Å². The quantitative estimate of drug-likeness (QED) is 0.423. The number of hydrogen-bond donors (Lipinski definition) is 3. The maximum atomic E-state index is 15.0. The summed E-state index contributed by atoms with van der Waals surface area (Å²) >= 11 is 0. The average Bonchev–Trinajstić information content (AvgIpc) is 2.90. The highest BCUT2D eigenvalue weighted by Crippen LogP contribution is 2.33. The fourth-order valence-electron chi connectivity index (χ4n) is 5.30. The summed E-state index contributed by atoms with van der Waals surface area (Å²) in [6, 6.07) is 0. The summed E-state index contributed by atoms with van der Waals surface area (Å²) in [5.74, 6) is -2.53. The van der Waals surface area contributed by atoms with E-state index in [-0.39, 0.29) is 36.3 Å². The van der Waals surface area contributed by atoms with Crippen LogP contribution in [0.15, 0.2) is 17.6 Å². The molecule has 2 amide bonds. The summed E-state index contributed by atoms with van der Waals surface area (Å²) in [7, 11) is 1.61. The van der Waals surface area contributed by atoms with Crippen LogP contribution in [0, 0.1) is 22.6 Å². The van der Waals surface area contributed by atoms with Gasteiger partial charge in [-0.1, -0.05) is 5.18 Å². The number of ether oxygens (including phenoxy) is 1. The second-order valence-corrected chi connectivity index (χ2v) is 9.72. The van der Waals surface area contributed by atoms with E-state index in [9.17, 15) is 18.9 Å². The van der Waals surface area contributed by atoms with E-state index in [4.69, 9.17) is 10.5 Å². The number of piperidine rings is 1. The molecule has 14 heteroatoms. The van der Waals surface area contributed by atoms with Gasteiger partial charge in [0.1, 0.15) is 17.8 Å². The molecule has 0 radical (unpaired) electrons. The minimum atomic E-state index is -1.41. The average molecular weight is 525 g/mol. The third-order valence-electron chi connectivity index (χ3n) is 7.26. The van der Waals surface area contributed by atoms with E-state index in [1.165, 1.54) is 6.20 Å². The van der Waals surface area contributed by atoms with Gasteiger partial charge in [-0.25, -0.2) is 8.78 Å². The maximum absolute atomic E-state index is 15.0. The number of carbonyl (C=O) groups excluding carboxylic acids is 2. The summed E-state index contributed by atoms with van der Waals surface area (Å²) in [6.45, 7) is 3.07. The molecule has 3 saturated heterocycles. The molecule has 204 valence electrons. The van der Waals surface area contributed by atoms with Gasteiger partial charge in [0.15, 0.2) is 12.0 Å². The van der Waals surface area contributed by atoms with Crippen LogP contribution in [0.4, 0.5) is 20.2 Å². The first-order valence-electron chi connectivity index (χ1n) is 12.5. The number of pyridine rings is 1. The highest BCUT2D eigenvalue weighted by Gasteiger charge is 2.40. The SMILES string of the molecule is CN1CC(F)CNC1C(C(=O)Nc1cncc(F)c1N1CCC(C(=O)N2CCOCC2)CC1)C(N)N=O. The number of nitrogens with zero attached hydrogens (tertiary/aromatic N) is 5. The van der Waals surface area contributed by atoms with Crippen LogP contribution in [0.2, 0.25) is 0 Å². The lowest BCUT2D eigenvalue weighted by molar-refractivity contribution is -0.140. The van der Waals surface area contributed by atoms with Crippen molar-refractivity contribution in [2.75, 3.05) is 69.7 Å². The number of nitrogens with two attached hydrogens (primary N) is 1. The normalized spacial score (nSPS) is 25.4. The molecule has 3 aliphatic rings. The number of amides is 2. The van der Waals surface area contributed by atoms with E-state index < -0.39 is 36.1 Å². The van der Waals surface area contributed by atoms with Gasteiger partial charge in [-0.2, -0.15) is 0 Å². The smallest absolute Gasteiger partial charge is 0.234 e. The number of carbonyl (C=O) groups is 2. The molecule has 3 aliphatic heterocycles. The Labute approximate surface area is 213 Å². The molecule has 0 saturated carbocycles. The second-order valence-electron chi connectivity index (χ2n) is 9.72. The summed E-state index contributed by atoms with van der Waals surface area (Å²) in [4.78, 5) is 46.5. The lowest BCUT2D eigenvalue weighted by Crippen LogP contribution is -2.62. The number of halogens is 2. The van der Waals surface area contributed by atoms with Gasteiger partial charge in [-0.15, -0.1) is 4.91 Å². The third kappa shape index (κ3) is 6.20. The van der Waals surface area contributed by atoms with Crippen LogP contribution in [0.25, 0.3) is 0 Å². The van der Waals surface area contributed by atoms with Crippen molar-refractivity contribution in [3.8, 4) is 0 Å². The Morgan fingerprint density at radius 3 is 2.59 bits per heavy atom. The minimum absolute atomic E-state index is 0.00471. The van der Waals surface area contributed by atoms with Crippen LogP contribution >= 0.6 is 0 Å². The molecule has 1 aromatic rings. The summed E-state index contributed by atoms with van der Waals surface area (Å²) in [6.07, 6.45) is 0.166. The van der Waals surface area contributed by atoms with Crippen molar-refractivity contribution in [1.29, 1.82) is 0 Å². The molecule has 4 rings (SSSR count). The molecule has 4 heterocycles. The lowest BCUT2D eigenvalue weighted by atomic mass is 9.94. The Kier molecular flexibility index (Phi) is 8.95. The van der Waals surface area contributed by atoms with E-state index in [0.717, 1.165) is 6.20 Å². The van der Waals surface area contributed by atoms with Gasteiger partial charge >= 0.3 is 0 Å². The van der Waals surface area contributed by atoms with E-state index >= 15 is 4.39 Å². The number of rotatable bonds is 7. The van der Waals surface area contributed by atoms with Gasteiger partial charge in [0.2, 0.25) is 11.8 Å². The Balaban J connectivity index is 1.47. The topological polar surface area (TPSA) is 145 Å². The standard InChI is InChI=1S/C23H34F2N8O4/c1-31-13-15(24)10-28-21(31)18(20(26)30-36)22(34)29-17-12-27-11-16(25)19(17)32-4-2-14(3-5-32)23(35)33-6-8-37-9-7-33/h11-12,14-15,18,20-21,28H,2-10,13,26H2,1H3,(H,29,34). The van der Waals surface area contributed by atoms with Gasteiger partial charge in [0, 0.05) is 45.2 Å². The molecule has 4 atom stereocenters. The van der Waals surface area contributed by atoms with Crippen molar-refractivity contribution in [1.82, 2.24) is 20.1 Å². The minimum Gasteiger partial charge on any atom is -0.378 e. The van der Waals surface area contributed by atoms with Crippen LogP contribution in [-0.4, -0.2) is 105 Å². The molecular formula is C23H34F2N8O4. The number of morpholine rings is 1. The first kappa shape index (κ1) is 27.2.